The molecule has 1 unspecified atom stereocenters. The van der Waals surface area contributed by atoms with E-state index in [2.05, 4.69) is 25.2 Å². The molecule has 0 aliphatic heterocycles. The molecule has 0 heterocycles. The van der Waals surface area contributed by atoms with E-state index in [1.807, 2.05) is 24.3 Å². The number of carboxylic acid groups (broad SMARTS) is 1. The number of aliphatic hydroxyl groups excluding tert-OH is 1. The Morgan fingerprint density at radius 3 is 2.43 bits per heavy atom. The normalized spacial score (nSPS) is 13.8. The summed E-state index contributed by atoms with van der Waals surface area (Å²) in [5, 5.41) is 18.2. The summed E-state index contributed by atoms with van der Waals surface area (Å²) < 4.78 is 0. The van der Waals surface area contributed by atoms with Crippen LogP contribution in [0.15, 0.2) is 48.6 Å². The fourth-order valence-corrected chi connectivity index (χ4v) is 1.95. The molecule has 0 amide bonds. The van der Waals surface area contributed by atoms with E-state index in [1.54, 1.807) is 6.08 Å². The topological polar surface area (TPSA) is 57.5 Å². The van der Waals surface area contributed by atoms with Gasteiger partial charge in [0.15, 0.2) is 0 Å². The lowest BCUT2D eigenvalue weighted by Crippen LogP contribution is -1.98. The summed E-state index contributed by atoms with van der Waals surface area (Å²) in [4.78, 5) is 10.3. The summed E-state index contributed by atoms with van der Waals surface area (Å²) in [6.07, 6.45) is 23.5. The molecule has 0 saturated heterocycles. The second-order valence-corrected chi connectivity index (χ2v) is 5.58. The van der Waals surface area contributed by atoms with Crippen molar-refractivity contribution in [3.63, 3.8) is 0 Å². The molecule has 0 bridgehead atoms. The number of allylic oxidation sites excluding steroid dienone is 6. The Bertz CT molecular complexity index is 392. The number of unbranched alkanes of at least 4 members (excludes halogenated alkanes) is 4. The number of carbonyl (C=O) groups is 1. The Balaban J connectivity index is 3.62. The van der Waals surface area contributed by atoms with Crippen molar-refractivity contribution in [3.05, 3.63) is 48.6 Å². The largest absolute Gasteiger partial charge is 0.481 e. The number of carboxylic acids is 1. The van der Waals surface area contributed by atoms with Crippen LogP contribution < -0.4 is 0 Å². The molecule has 130 valence electrons. The quantitative estimate of drug-likeness (QED) is 0.263. The van der Waals surface area contributed by atoms with Crippen molar-refractivity contribution in [1.29, 1.82) is 0 Å². The van der Waals surface area contributed by atoms with Crippen molar-refractivity contribution in [1.82, 2.24) is 0 Å². The highest BCUT2D eigenvalue weighted by molar-refractivity contribution is 5.66. The Morgan fingerprint density at radius 1 is 0.957 bits per heavy atom. The van der Waals surface area contributed by atoms with Gasteiger partial charge in [-0.3, -0.25) is 4.79 Å². The van der Waals surface area contributed by atoms with Crippen molar-refractivity contribution in [3.8, 4) is 0 Å². The van der Waals surface area contributed by atoms with E-state index in [4.69, 9.17) is 5.11 Å². The van der Waals surface area contributed by atoms with Crippen molar-refractivity contribution < 1.29 is 15.0 Å². The highest BCUT2D eigenvalue weighted by Gasteiger charge is 1.94. The first kappa shape index (κ1) is 21.4. The van der Waals surface area contributed by atoms with Gasteiger partial charge in [0.2, 0.25) is 0 Å². The summed E-state index contributed by atoms with van der Waals surface area (Å²) in [6, 6.07) is 0. The zero-order chi connectivity index (χ0) is 17.2. The number of aliphatic hydroxyl groups is 1. The highest BCUT2D eigenvalue weighted by Crippen LogP contribution is 2.02. The summed E-state index contributed by atoms with van der Waals surface area (Å²) in [5.74, 6) is -0.757. The van der Waals surface area contributed by atoms with E-state index in [0.717, 1.165) is 19.3 Å². The monoisotopic (exact) mass is 320 g/mol. The molecule has 3 heteroatoms. The first-order valence-corrected chi connectivity index (χ1v) is 8.70. The van der Waals surface area contributed by atoms with E-state index in [1.165, 1.54) is 19.3 Å². The fraction of sp³-hybridized carbons (Fsp3) is 0.550. The fourth-order valence-electron chi connectivity index (χ4n) is 1.95. The van der Waals surface area contributed by atoms with Crippen LogP contribution in [0.5, 0.6) is 0 Å². The maximum atomic E-state index is 10.3. The van der Waals surface area contributed by atoms with Gasteiger partial charge in [-0.1, -0.05) is 68.4 Å². The predicted molar refractivity (Wildman–Crippen MR) is 97.4 cm³/mol. The second kappa shape index (κ2) is 16.8. The van der Waals surface area contributed by atoms with Gasteiger partial charge in [0.25, 0.3) is 0 Å². The van der Waals surface area contributed by atoms with Crippen LogP contribution in [-0.2, 0) is 4.79 Å². The SMILES string of the molecule is CCCCC/C=C\C/C=C\CC(O)/C=C\C=C\CCCC(=O)O. The van der Waals surface area contributed by atoms with Gasteiger partial charge in [-0.2, -0.15) is 0 Å². The molecule has 0 aromatic heterocycles. The van der Waals surface area contributed by atoms with E-state index in [-0.39, 0.29) is 6.42 Å². The van der Waals surface area contributed by atoms with E-state index < -0.39 is 12.1 Å². The molecular formula is C20H32O3. The van der Waals surface area contributed by atoms with E-state index in [0.29, 0.717) is 12.8 Å². The third-order valence-corrected chi connectivity index (χ3v) is 3.30. The molecule has 0 radical (unpaired) electrons. The van der Waals surface area contributed by atoms with Gasteiger partial charge in [-0.15, -0.1) is 0 Å². The van der Waals surface area contributed by atoms with Crippen LogP contribution in [0.2, 0.25) is 0 Å². The van der Waals surface area contributed by atoms with Gasteiger partial charge < -0.3 is 10.2 Å². The van der Waals surface area contributed by atoms with Gasteiger partial charge in [0.05, 0.1) is 6.10 Å². The first-order chi connectivity index (χ1) is 11.2. The minimum absolute atomic E-state index is 0.203. The second-order valence-electron chi connectivity index (χ2n) is 5.58. The van der Waals surface area contributed by atoms with Crippen molar-refractivity contribution >= 4 is 5.97 Å². The lowest BCUT2D eigenvalue weighted by Gasteiger charge is -1.98. The number of hydrogen-bond donors (Lipinski definition) is 2. The third kappa shape index (κ3) is 18.3. The van der Waals surface area contributed by atoms with Gasteiger partial charge in [-0.25, -0.2) is 0 Å². The predicted octanol–water partition coefficient (Wildman–Crippen LogP) is 5.19. The Hall–Kier alpha value is -1.61. The highest BCUT2D eigenvalue weighted by atomic mass is 16.4. The van der Waals surface area contributed by atoms with Crippen LogP contribution in [0.3, 0.4) is 0 Å². The third-order valence-electron chi connectivity index (χ3n) is 3.30. The first-order valence-electron chi connectivity index (χ1n) is 8.70. The molecule has 23 heavy (non-hydrogen) atoms. The number of aliphatic carboxylic acids is 1. The van der Waals surface area contributed by atoms with Gasteiger partial charge in [-0.05, 0) is 38.5 Å². The minimum atomic E-state index is -0.757. The molecule has 0 rings (SSSR count). The summed E-state index contributed by atoms with van der Waals surface area (Å²) in [5.41, 5.74) is 0. The molecular weight excluding hydrogens is 288 g/mol. The minimum Gasteiger partial charge on any atom is -0.481 e. The molecule has 0 aromatic rings. The molecule has 0 fully saturated rings. The van der Waals surface area contributed by atoms with Crippen LogP contribution >= 0.6 is 0 Å². The Labute approximate surface area is 141 Å². The summed E-state index contributed by atoms with van der Waals surface area (Å²) >= 11 is 0. The zero-order valence-corrected chi connectivity index (χ0v) is 14.4. The smallest absolute Gasteiger partial charge is 0.303 e. The van der Waals surface area contributed by atoms with Crippen LogP contribution in [0.1, 0.15) is 64.7 Å². The van der Waals surface area contributed by atoms with E-state index >= 15 is 0 Å². The lowest BCUT2D eigenvalue weighted by molar-refractivity contribution is -0.137. The Morgan fingerprint density at radius 2 is 1.70 bits per heavy atom. The van der Waals surface area contributed by atoms with Crippen LogP contribution in [0.25, 0.3) is 0 Å². The van der Waals surface area contributed by atoms with Crippen LogP contribution in [-0.4, -0.2) is 22.3 Å². The van der Waals surface area contributed by atoms with Gasteiger partial charge in [0.1, 0.15) is 0 Å². The maximum absolute atomic E-state index is 10.3. The average molecular weight is 320 g/mol. The van der Waals surface area contributed by atoms with Gasteiger partial charge in [0, 0.05) is 6.42 Å². The van der Waals surface area contributed by atoms with E-state index in [9.17, 15) is 9.90 Å². The molecule has 0 saturated carbocycles. The molecule has 0 spiro atoms. The summed E-state index contributed by atoms with van der Waals surface area (Å²) in [7, 11) is 0. The number of hydrogen-bond acceptors (Lipinski definition) is 2. The number of rotatable bonds is 14. The maximum Gasteiger partial charge on any atom is 0.303 e. The lowest BCUT2D eigenvalue weighted by atomic mass is 10.2. The average Bonchev–Trinajstić information content (AvgIpc) is 2.52. The molecule has 3 nitrogen and oxygen atoms in total. The van der Waals surface area contributed by atoms with Gasteiger partial charge >= 0.3 is 5.97 Å². The van der Waals surface area contributed by atoms with Crippen LogP contribution in [0.4, 0.5) is 0 Å². The van der Waals surface area contributed by atoms with Crippen molar-refractivity contribution in [2.45, 2.75) is 70.8 Å². The molecule has 0 aliphatic carbocycles. The zero-order valence-electron chi connectivity index (χ0n) is 14.4. The standard InChI is InChI=1S/C20H32O3/c1-2-3-4-5-6-7-8-10-13-16-19(21)17-14-11-9-12-15-18-20(22)23/h6-7,9-11,13-14,17,19,21H,2-5,8,12,15-16,18H2,1H3,(H,22,23)/b7-6-,11-9+,13-10-,17-14-. The van der Waals surface area contributed by atoms with Crippen LogP contribution in [0, 0.1) is 0 Å². The van der Waals surface area contributed by atoms with Crippen molar-refractivity contribution in [2.24, 2.45) is 0 Å². The summed E-state index contributed by atoms with van der Waals surface area (Å²) in [6.45, 7) is 2.21. The molecule has 0 aromatic carbocycles. The molecule has 2 N–H and O–H groups in total. The van der Waals surface area contributed by atoms with Crippen molar-refractivity contribution in [2.75, 3.05) is 0 Å². The molecule has 0 aliphatic rings. The Kier molecular flexibility index (Phi) is 15.6. The molecule has 1 atom stereocenters.